The Bertz CT molecular complexity index is 398. The van der Waals surface area contributed by atoms with Gasteiger partial charge in [-0.2, -0.15) is 0 Å². The minimum atomic E-state index is -0.619. The van der Waals surface area contributed by atoms with Gasteiger partial charge in [-0.1, -0.05) is 12.1 Å². The van der Waals surface area contributed by atoms with Crippen molar-refractivity contribution in [3.05, 3.63) is 29.3 Å². The fraction of sp³-hybridized carbons (Fsp3) is 0.600. The number of rotatable bonds is 5. The Hall–Kier alpha value is -0.510. The van der Waals surface area contributed by atoms with E-state index in [0.29, 0.717) is 6.54 Å². The summed E-state index contributed by atoms with van der Waals surface area (Å²) in [6.45, 7) is 5.23. The number of fused-ring (bicyclic) bond motifs is 1. The van der Waals surface area contributed by atoms with E-state index < -0.39 is 5.60 Å². The van der Waals surface area contributed by atoms with Crippen LogP contribution in [0.25, 0.3) is 0 Å². The Morgan fingerprint density at radius 3 is 3.00 bits per heavy atom. The minimum absolute atomic E-state index is 0.619. The number of thioether (sulfide) groups is 1. The molecule has 0 unspecified atom stereocenters. The van der Waals surface area contributed by atoms with Crippen LogP contribution < -0.4 is 5.32 Å². The summed E-state index contributed by atoms with van der Waals surface area (Å²) in [5, 5.41) is 12.9. The first-order chi connectivity index (χ1) is 8.54. The van der Waals surface area contributed by atoms with Crippen molar-refractivity contribution in [3.63, 3.8) is 0 Å². The molecular formula is C15H23NOS. The maximum Gasteiger partial charge on any atom is 0.0715 e. The lowest BCUT2D eigenvalue weighted by Gasteiger charge is -2.18. The summed E-state index contributed by atoms with van der Waals surface area (Å²) < 4.78 is 0. The highest BCUT2D eigenvalue weighted by molar-refractivity contribution is 7.99. The van der Waals surface area contributed by atoms with Crippen LogP contribution in [0, 0.1) is 0 Å². The second-order valence-electron chi connectivity index (χ2n) is 5.63. The lowest BCUT2D eigenvalue weighted by molar-refractivity contribution is 0.0801. The highest BCUT2D eigenvalue weighted by Gasteiger charge is 2.12. The molecule has 18 heavy (non-hydrogen) atoms. The van der Waals surface area contributed by atoms with Crippen molar-refractivity contribution in [2.45, 2.75) is 43.6 Å². The van der Waals surface area contributed by atoms with Gasteiger partial charge in [0, 0.05) is 11.4 Å². The molecule has 0 saturated carbocycles. The molecule has 1 aliphatic rings. The van der Waals surface area contributed by atoms with Crippen molar-refractivity contribution in [3.8, 4) is 0 Å². The average Bonchev–Trinajstić information content (AvgIpc) is 2.33. The quantitative estimate of drug-likeness (QED) is 0.803. The molecule has 0 aliphatic carbocycles. The van der Waals surface area contributed by atoms with Crippen LogP contribution in [-0.2, 0) is 12.8 Å². The average molecular weight is 265 g/mol. The maximum atomic E-state index is 9.61. The lowest BCUT2D eigenvalue weighted by Crippen LogP contribution is -2.35. The summed E-state index contributed by atoms with van der Waals surface area (Å²) in [6.07, 6.45) is 3.57. The topological polar surface area (TPSA) is 32.3 Å². The molecule has 0 saturated heterocycles. The molecule has 1 aromatic rings. The molecule has 1 aromatic carbocycles. The zero-order valence-electron chi connectivity index (χ0n) is 11.3. The molecule has 0 spiro atoms. The van der Waals surface area contributed by atoms with E-state index in [1.54, 1.807) is 0 Å². The van der Waals surface area contributed by atoms with Gasteiger partial charge in [0.1, 0.15) is 0 Å². The second-order valence-corrected chi connectivity index (χ2v) is 6.77. The van der Waals surface area contributed by atoms with Crippen molar-refractivity contribution in [2.75, 3.05) is 18.8 Å². The van der Waals surface area contributed by atoms with Gasteiger partial charge in [-0.3, -0.25) is 0 Å². The number of hydrogen-bond donors (Lipinski definition) is 2. The molecule has 0 atom stereocenters. The maximum absolute atomic E-state index is 9.61. The first-order valence-electron chi connectivity index (χ1n) is 6.72. The van der Waals surface area contributed by atoms with Gasteiger partial charge in [0.25, 0.3) is 0 Å². The molecule has 3 heteroatoms. The van der Waals surface area contributed by atoms with Crippen molar-refractivity contribution in [1.82, 2.24) is 5.32 Å². The van der Waals surface area contributed by atoms with Crippen LogP contribution in [0.3, 0.4) is 0 Å². The third kappa shape index (κ3) is 4.30. The van der Waals surface area contributed by atoms with E-state index in [1.807, 2.05) is 25.6 Å². The number of benzene rings is 1. The summed E-state index contributed by atoms with van der Waals surface area (Å²) in [5.41, 5.74) is 2.30. The Morgan fingerprint density at radius 1 is 1.39 bits per heavy atom. The Morgan fingerprint density at radius 2 is 2.22 bits per heavy atom. The van der Waals surface area contributed by atoms with Crippen molar-refractivity contribution in [2.24, 2.45) is 0 Å². The van der Waals surface area contributed by atoms with E-state index in [9.17, 15) is 5.11 Å². The zero-order chi connectivity index (χ0) is 13.0. The molecule has 2 rings (SSSR count). The van der Waals surface area contributed by atoms with Gasteiger partial charge < -0.3 is 10.4 Å². The third-order valence-corrected chi connectivity index (χ3v) is 4.32. The molecule has 0 bridgehead atoms. The van der Waals surface area contributed by atoms with E-state index in [0.717, 1.165) is 13.0 Å². The minimum Gasteiger partial charge on any atom is -0.389 e. The standard InChI is InChI=1S/C15H23NOS/c1-15(2,17)11-16-8-7-12-5-6-14-13(10-12)4-3-9-18-14/h5-6,10,16-17H,3-4,7-9,11H2,1-2H3. The number of hydrogen-bond acceptors (Lipinski definition) is 3. The summed E-state index contributed by atoms with van der Waals surface area (Å²) in [4.78, 5) is 1.47. The molecule has 0 radical (unpaired) electrons. The molecule has 0 fully saturated rings. The smallest absolute Gasteiger partial charge is 0.0715 e. The van der Waals surface area contributed by atoms with Gasteiger partial charge in [0.2, 0.25) is 0 Å². The van der Waals surface area contributed by atoms with Crippen LogP contribution in [-0.4, -0.2) is 29.5 Å². The Labute approximate surface area is 114 Å². The highest BCUT2D eigenvalue weighted by Crippen LogP contribution is 2.30. The van der Waals surface area contributed by atoms with Gasteiger partial charge >= 0.3 is 0 Å². The van der Waals surface area contributed by atoms with Crippen LogP contribution in [0.1, 0.15) is 31.4 Å². The van der Waals surface area contributed by atoms with Crippen molar-refractivity contribution >= 4 is 11.8 Å². The van der Waals surface area contributed by atoms with Crippen LogP contribution in [0.15, 0.2) is 23.1 Å². The van der Waals surface area contributed by atoms with Gasteiger partial charge in [-0.05, 0) is 62.6 Å². The Balaban J connectivity index is 1.83. The molecule has 0 aromatic heterocycles. The number of aryl methyl sites for hydroxylation is 1. The van der Waals surface area contributed by atoms with Gasteiger partial charge in [0.15, 0.2) is 0 Å². The molecule has 1 aliphatic heterocycles. The van der Waals surface area contributed by atoms with E-state index in [1.165, 1.54) is 34.6 Å². The van der Waals surface area contributed by atoms with Gasteiger partial charge in [-0.15, -0.1) is 11.8 Å². The van der Waals surface area contributed by atoms with Crippen molar-refractivity contribution < 1.29 is 5.11 Å². The summed E-state index contributed by atoms with van der Waals surface area (Å²) >= 11 is 1.98. The summed E-state index contributed by atoms with van der Waals surface area (Å²) in [7, 11) is 0. The van der Waals surface area contributed by atoms with Crippen molar-refractivity contribution in [1.29, 1.82) is 0 Å². The molecule has 2 N–H and O–H groups in total. The fourth-order valence-electron chi connectivity index (χ4n) is 2.20. The number of nitrogens with one attached hydrogen (secondary N) is 1. The molecule has 0 amide bonds. The third-order valence-electron chi connectivity index (χ3n) is 3.12. The van der Waals surface area contributed by atoms with Gasteiger partial charge in [0.05, 0.1) is 5.60 Å². The highest BCUT2D eigenvalue weighted by atomic mass is 32.2. The molecule has 2 nitrogen and oxygen atoms in total. The second kappa shape index (κ2) is 6.09. The molecule has 1 heterocycles. The SMILES string of the molecule is CC(C)(O)CNCCc1ccc2c(c1)CCCS2. The first-order valence-corrected chi connectivity index (χ1v) is 7.71. The predicted octanol–water partition coefficient (Wildman–Crippen LogP) is 2.63. The molecule has 100 valence electrons. The van der Waals surface area contributed by atoms with Crippen LogP contribution in [0.4, 0.5) is 0 Å². The van der Waals surface area contributed by atoms with E-state index >= 15 is 0 Å². The van der Waals surface area contributed by atoms with E-state index in [-0.39, 0.29) is 0 Å². The van der Waals surface area contributed by atoms with Crippen LogP contribution in [0.2, 0.25) is 0 Å². The van der Waals surface area contributed by atoms with E-state index in [4.69, 9.17) is 0 Å². The summed E-state index contributed by atoms with van der Waals surface area (Å²) in [6, 6.07) is 6.86. The fourth-order valence-corrected chi connectivity index (χ4v) is 3.22. The largest absolute Gasteiger partial charge is 0.389 e. The summed E-state index contributed by atoms with van der Waals surface area (Å²) in [5.74, 6) is 1.26. The normalized spacial score (nSPS) is 15.5. The Kier molecular flexibility index (Phi) is 4.71. The number of aliphatic hydroxyl groups is 1. The predicted molar refractivity (Wildman–Crippen MR) is 78.4 cm³/mol. The molecular weight excluding hydrogens is 242 g/mol. The van der Waals surface area contributed by atoms with E-state index in [2.05, 4.69) is 23.5 Å². The van der Waals surface area contributed by atoms with Gasteiger partial charge in [-0.25, -0.2) is 0 Å². The first kappa shape index (κ1) is 13.9. The lowest BCUT2D eigenvalue weighted by atomic mass is 10.0. The van der Waals surface area contributed by atoms with Crippen LogP contribution >= 0.6 is 11.8 Å². The van der Waals surface area contributed by atoms with Crippen LogP contribution in [0.5, 0.6) is 0 Å². The zero-order valence-corrected chi connectivity index (χ0v) is 12.1. The monoisotopic (exact) mass is 265 g/mol.